The molecule has 0 spiro atoms. The van der Waals surface area contributed by atoms with E-state index in [2.05, 4.69) is 51.8 Å². The van der Waals surface area contributed by atoms with Crippen LogP contribution in [0.2, 0.25) is 0 Å². The molecule has 18 heavy (non-hydrogen) atoms. The first-order valence-electron chi connectivity index (χ1n) is 6.72. The van der Waals surface area contributed by atoms with Crippen LogP contribution in [-0.4, -0.2) is 21.7 Å². The van der Waals surface area contributed by atoms with Crippen molar-refractivity contribution in [1.29, 1.82) is 0 Å². The van der Waals surface area contributed by atoms with Gasteiger partial charge in [0.1, 0.15) is 0 Å². The summed E-state index contributed by atoms with van der Waals surface area (Å²) in [6, 6.07) is 0. The molecule has 1 aromatic heterocycles. The van der Waals surface area contributed by atoms with Gasteiger partial charge in [-0.05, 0) is 48.7 Å². The number of hydrogen-bond acceptors (Lipinski definition) is 2. The van der Waals surface area contributed by atoms with Crippen LogP contribution >= 0.6 is 27.5 Å². The largest absolute Gasteiger partial charge is 0.311 e. The molecule has 0 aliphatic rings. The molecular weight excluding hydrogens is 314 g/mol. The Bertz CT molecular complexity index is 365. The van der Waals surface area contributed by atoms with Crippen molar-refractivity contribution < 1.29 is 0 Å². The van der Waals surface area contributed by atoms with Crippen molar-refractivity contribution in [3.63, 3.8) is 0 Å². The predicted molar refractivity (Wildman–Crippen MR) is 81.2 cm³/mol. The lowest BCUT2D eigenvalue weighted by atomic mass is 10.2. The summed E-state index contributed by atoms with van der Waals surface area (Å²) in [7, 11) is 0. The maximum absolute atomic E-state index is 6.10. The lowest BCUT2D eigenvalue weighted by Gasteiger charge is -2.09. The summed E-state index contributed by atoms with van der Waals surface area (Å²) in [5.41, 5.74) is 2.37. The van der Waals surface area contributed by atoms with E-state index in [4.69, 9.17) is 11.6 Å². The molecule has 0 fully saturated rings. The van der Waals surface area contributed by atoms with Gasteiger partial charge in [0.25, 0.3) is 0 Å². The molecule has 0 radical (unpaired) electrons. The van der Waals surface area contributed by atoms with E-state index in [1.165, 1.54) is 5.69 Å². The van der Waals surface area contributed by atoms with Crippen molar-refractivity contribution in [2.24, 2.45) is 0 Å². The minimum absolute atomic E-state index is 0.281. The second kappa shape index (κ2) is 8.18. The number of aryl methyl sites for hydroxylation is 2. The van der Waals surface area contributed by atoms with Gasteiger partial charge in [0.05, 0.1) is 15.9 Å². The zero-order valence-corrected chi connectivity index (χ0v) is 13.8. The molecule has 104 valence electrons. The minimum Gasteiger partial charge on any atom is -0.311 e. The number of nitrogens with zero attached hydrogens (tertiary/aromatic N) is 2. The van der Waals surface area contributed by atoms with Crippen LogP contribution < -0.4 is 5.32 Å². The number of aromatic nitrogens is 2. The summed E-state index contributed by atoms with van der Waals surface area (Å²) >= 11 is 9.74. The number of halogens is 2. The van der Waals surface area contributed by atoms with Crippen LogP contribution in [0.25, 0.3) is 0 Å². The molecule has 1 aromatic rings. The summed E-state index contributed by atoms with van der Waals surface area (Å²) in [5.74, 6) is 0. The Morgan fingerprint density at radius 2 is 2.11 bits per heavy atom. The quantitative estimate of drug-likeness (QED) is 0.579. The molecule has 5 heteroatoms. The Morgan fingerprint density at radius 1 is 1.39 bits per heavy atom. The molecule has 0 aromatic carbocycles. The van der Waals surface area contributed by atoms with Crippen LogP contribution in [-0.2, 0) is 19.5 Å². The first kappa shape index (κ1) is 16.0. The van der Waals surface area contributed by atoms with Crippen molar-refractivity contribution in [2.45, 2.75) is 58.5 Å². The Hall–Kier alpha value is -0.0600. The highest BCUT2D eigenvalue weighted by molar-refractivity contribution is 9.10. The first-order chi connectivity index (χ1) is 8.63. The van der Waals surface area contributed by atoms with Crippen molar-refractivity contribution in [2.75, 3.05) is 6.54 Å². The average molecular weight is 337 g/mol. The molecule has 1 heterocycles. The normalized spacial score (nSPS) is 12.9. The molecule has 1 N–H and O–H groups in total. The summed E-state index contributed by atoms with van der Waals surface area (Å²) in [6.07, 6.45) is 3.00. The highest BCUT2D eigenvalue weighted by atomic mass is 79.9. The highest BCUT2D eigenvalue weighted by Crippen LogP contribution is 2.22. The van der Waals surface area contributed by atoms with Gasteiger partial charge in [-0.1, -0.05) is 13.8 Å². The van der Waals surface area contributed by atoms with E-state index in [-0.39, 0.29) is 5.38 Å². The molecule has 0 aliphatic carbocycles. The van der Waals surface area contributed by atoms with Gasteiger partial charge in [-0.2, -0.15) is 5.10 Å². The Kier molecular flexibility index (Phi) is 7.27. The third kappa shape index (κ3) is 4.25. The van der Waals surface area contributed by atoms with Crippen LogP contribution in [0.3, 0.4) is 0 Å². The third-order valence-electron chi connectivity index (χ3n) is 3.06. The molecule has 0 saturated carbocycles. The number of rotatable bonds is 8. The Morgan fingerprint density at radius 3 is 2.67 bits per heavy atom. The average Bonchev–Trinajstić information content (AvgIpc) is 2.70. The van der Waals surface area contributed by atoms with Crippen molar-refractivity contribution >= 4 is 27.5 Å². The van der Waals surface area contributed by atoms with Gasteiger partial charge in [0, 0.05) is 18.5 Å². The number of alkyl halides is 1. The summed E-state index contributed by atoms with van der Waals surface area (Å²) in [6.45, 7) is 9.06. The SMILES string of the molecule is CCc1nn(CC)c(CNCCC(Cl)CC)c1Br. The van der Waals surface area contributed by atoms with Gasteiger partial charge in [-0.25, -0.2) is 0 Å². The molecule has 1 unspecified atom stereocenters. The van der Waals surface area contributed by atoms with E-state index >= 15 is 0 Å². The van der Waals surface area contributed by atoms with E-state index in [1.54, 1.807) is 0 Å². The van der Waals surface area contributed by atoms with E-state index < -0.39 is 0 Å². The molecule has 0 amide bonds. The van der Waals surface area contributed by atoms with Gasteiger partial charge < -0.3 is 5.32 Å². The zero-order chi connectivity index (χ0) is 13.5. The summed E-state index contributed by atoms with van der Waals surface area (Å²) in [5, 5.41) is 8.31. The molecule has 3 nitrogen and oxygen atoms in total. The molecular formula is C13H23BrClN3. The predicted octanol–water partition coefficient (Wildman–Crippen LogP) is 3.73. The zero-order valence-electron chi connectivity index (χ0n) is 11.5. The first-order valence-corrected chi connectivity index (χ1v) is 7.95. The topological polar surface area (TPSA) is 29.9 Å². The molecule has 1 rings (SSSR count). The van der Waals surface area contributed by atoms with E-state index in [0.29, 0.717) is 0 Å². The number of nitrogens with one attached hydrogen (secondary N) is 1. The van der Waals surface area contributed by atoms with Crippen LogP contribution in [0.5, 0.6) is 0 Å². The lowest BCUT2D eigenvalue weighted by Crippen LogP contribution is -2.20. The van der Waals surface area contributed by atoms with Gasteiger partial charge in [0.2, 0.25) is 0 Å². The fourth-order valence-electron chi connectivity index (χ4n) is 1.86. The molecule has 0 bridgehead atoms. The van der Waals surface area contributed by atoms with E-state index in [1.807, 2.05) is 0 Å². The van der Waals surface area contributed by atoms with Crippen LogP contribution in [0, 0.1) is 0 Å². The molecule has 0 aliphatic heterocycles. The fourth-order valence-corrected chi connectivity index (χ4v) is 2.67. The smallest absolute Gasteiger partial charge is 0.0767 e. The van der Waals surface area contributed by atoms with Crippen molar-refractivity contribution in [1.82, 2.24) is 15.1 Å². The lowest BCUT2D eigenvalue weighted by molar-refractivity contribution is 0.562. The van der Waals surface area contributed by atoms with Gasteiger partial charge in [-0.15, -0.1) is 11.6 Å². The monoisotopic (exact) mass is 335 g/mol. The van der Waals surface area contributed by atoms with E-state index in [0.717, 1.165) is 49.1 Å². The second-order valence-corrected chi connectivity index (χ2v) is 5.76. The van der Waals surface area contributed by atoms with Crippen molar-refractivity contribution in [3.8, 4) is 0 Å². The number of hydrogen-bond donors (Lipinski definition) is 1. The third-order valence-corrected chi connectivity index (χ3v) is 4.51. The minimum atomic E-state index is 0.281. The Balaban J connectivity index is 2.53. The summed E-state index contributed by atoms with van der Waals surface area (Å²) < 4.78 is 3.21. The summed E-state index contributed by atoms with van der Waals surface area (Å²) in [4.78, 5) is 0. The van der Waals surface area contributed by atoms with Gasteiger partial charge in [-0.3, -0.25) is 4.68 Å². The van der Waals surface area contributed by atoms with Crippen LogP contribution in [0.4, 0.5) is 0 Å². The standard InChI is InChI=1S/C13H23BrClN3/c1-4-10(15)7-8-16-9-12-13(14)11(5-2)17-18(12)6-3/h10,16H,4-9H2,1-3H3. The van der Waals surface area contributed by atoms with Crippen LogP contribution in [0.1, 0.15) is 45.0 Å². The Labute approximate surface area is 123 Å². The maximum Gasteiger partial charge on any atom is 0.0767 e. The van der Waals surface area contributed by atoms with E-state index in [9.17, 15) is 0 Å². The van der Waals surface area contributed by atoms with Crippen LogP contribution in [0.15, 0.2) is 4.47 Å². The highest BCUT2D eigenvalue weighted by Gasteiger charge is 2.13. The van der Waals surface area contributed by atoms with Gasteiger partial charge in [0.15, 0.2) is 0 Å². The second-order valence-electron chi connectivity index (χ2n) is 4.35. The maximum atomic E-state index is 6.10. The molecule has 1 atom stereocenters. The van der Waals surface area contributed by atoms with Crippen molar-refractivity contribution in [3.05, 3.63) is 15.9 Å². The molecule has 0 saturated heterocycles. The van der Waals surface area contributed by atoms with Gasteiger partial charge >= 0.3 is 0 Å². The fraction of sp³-hybridized carbons (Fsp3) is 0.769.